The van der Waals surface area contributed by atoms with Gasteiger partial charge in [-0.2, -0.15) is 12.6 Å². The summed E-state index contributed by atoms with van der Waals surface area (Å²) in [7, 11) is 0. The summed E-state index contributed by atoms with van der Waals surface area (Å²) in [4.78, 5) is 2.49. The summed E-state index contributed by atoms with van der Waals surface area (Å²) in [5, 5.41) is 0.435. The molecule has 4 heteroatoms. The van der Waals surface area contributed by atoms with Gasteiger partial charge in [-0.15, -0.1) is 0 Å². The molecule has 2 heterocycles. The minimum absolute atomic E-state index is 0.435. The van der Waals surface area contributed by atoms with Gasteiger partial charge in [0.2, 0.25) is 0 Å². The monoisotopic (exact) mass is 326 g/mol. The fraction of sp³-hybridized carbons (Fsp3) is 1.00. The third-order valence-electron chi connectivity index (χ3n) is 3.78. The number of halogens is 1. The topological polar surface area (TPSA) is 6.48 Å². The molecule has 2 saturated heterocycles. The fourth-order valence-electron chi connectivity index (χ4n) is 2.66. The summed E-state index contributed by atoms with van der Waals surface area (Å²) in [6, 6.07) is 0. The molecule has 1 unspecified atom stereocenters. The SMILES string of the molecule is CC(S)N1CCC2(CCN(I)C2)CC1. The molecule has 0 aromatic rings. The van der Waals surface area contributed by atoms with E-state index < -0.39 is 0 Å². The first-order valence-corrected chi connectivity index (χ1v) is 6.92. The number of hydrogen-bond donors (Lipinski definition) is 1. The summed E-state index contributed by atoms with van der Waals surface area (Å²) in [5.74, 6) is 0. The Labute approximate surface area is 106 Å². The van der Waals surface area contributed by atoms with Crippen LogP contribution in [0.4, 0.5) is 0 Å². The third-order valence-corrected chi connectivity index (χ3v) is 4.93. The minimum atomic E-state index is 0.435. The van der Waals surface area contributed by atoms with Crippen LogP contribution in [0.15, 0.2) is 0 Å². The molecule has 0 radical (unpaired) electrons. The van der Waals surface area contributed by atoms with Crippen LogP contribution in [0.5, 0.6) is 0 Å². The van der Waals surface area contributed by atoms with Crippen molar-refractivity contribution in [3.05, 3.63) is 0 Å². The largest absolute Gasteiger partial charge is 0.292 e. The lowest BCUT2D eigenvalue weighted by molar-refractivity contribution is 0.112. The van der Waals surface area contributed by atoms with Crippen LogP contribution in [0.25, 0.3) is 0 Å². The van der Waals surface area contributed by atoms with Crippen LogP contribution in [0.2, 0.25) is 0 Å². The second kappa shape index (κ2) is 4.47. The Bertz CT molecular complexity index is 202. The van der Waals surface area contributed by atoms with E-state index in [1.807, 2.05) is 0 Å². The van der Waals surface area contributed by atoms with E-state index in [0.717, 1.165) is 0 Å². The lowest BCUT2D eigenvalue weighted by Gasteiger charge is -2.40. The predicted molar refractivity (Wildman–Crippen MR) is 71.9 cm³/mol. The second-order valence-electron chi connectivity index (χ2n) is 4.76. The van der Waals surface area contributed by atoms with Crippen molar-refractivity contribution in [3.63, 3.8) is 0 Å². The zero-order valence-corrected chi connectivity index (χ0v) is 11.8. The molecule has 14 heavy (non-hydrogen) atoms. The van der Waals surface area contributed by atoms with Gasteiger partial charge in [0.05, 0.1) is 0 Å². The van der Waals surface area contributed by atoms with E-state index >= 15 is 0 Å². The molecule has 2 aliphatic rings. The van der Waals surface area contributed by atoms with Crippen molar-refractivity contribution in [3.8, 4) is 0 Å². The maximum Gasteiger partial charge on any atom is 0.0499 e. The number of rotatable bonds is 1. The molecule has 0 amide bonds. The van der Waals surface area contributed by atoms with Gasteiger partial charge in [-0.1, -0.05) is 0 Å². The Morgan fingerprint density at radius 1 is 1.21 bits per heavy atom. The molecular formula is C10H19IN2S. The Kier molecular flexibility index (Phi) is 3.67. The summed E-state index contributed by atoms with van der Waals surface area (Å²) in [5.41, 5.74) is 0.653. The highest BCUT2D eigenvalue weighted by Gasteiger charge is 2.40. The smallest absolute Gasteiger partial charge is 0.0499 e. The van der Waals surface area contributed by atoms with Crippen molar-refractivity contribution in [1.82, 2.24) is 8.01 Å². The van der Waals surface area contributed by atoms with Gasteiger partial charge < -0.3 is 0 Å². The molecule has 0 bridgehead atoms. The van der Waals surface area contributed by atoms with Crippen LogP contribution in [-0.4, -0.2) is 39.6 Å². The van der Waals surface area contributed by atoms with E-state index in [9.17, 15) is 0 Å². The van der Waals surface area contributed by atoms with Crippen molar-refractivity contribution >= 4 is 35.5 Å². The normalized spacial score (nSPS) is 31.1. The van der Waals surface area contributed by atoms with Crippen LogP contribution < -0.4 is 0 Å². The van der Waals surface area contributed by atoms with E-state index in [2.05, 4.69) is 50.4 Å². The number of likely N-dealkylation sites (tertiary alicyclic amines) is 1. The summed E-state index contributed by atoms with van der Waals surface area (Å²) < 4.78 is 2.46. The van der Waals surface area contributed by atoms with Crippen molar-refractivity contribution in [2.75, 3.05) is 26.2 Å². The maximum absolute atomic E-state index is 4.50. The van der Waals surface area contributed by atoms with Gasteiger partial charge in [-0.25, -0.2) is 3.11 Å². The van der Waals surface area contributed by atoms with E-state index in [0.29, 0.717) is 10.8 Å². The minimum Gasteiger partial charge on any atom is -0.292 e. The van der Waals surface area contributed by atoms with Gasteiger partial charge in [-0.05, 0) is 44.7 Å². The lowest BCUT2D eigenvalue weighted by Crippen LogP contribution is -2.43. The standard InChI is InChI=1S/C10H19IN2S/c1-9(14)12-5-2-10(3-6-12)4-7-13(11)8-10/h9,14H,2-8H2,1H3. The van der Waals surface area contributed by atoms with Gasteiger partial charge in [0.25, 0.3) is 0 Å². The van der Waals surface area contributed by atoms with Gasteiger partial charge >= 0.3 is 0 Å². The average Bonchev–Trinajstić information content (AvgIpc) is 2.48. The molecule has 0 saturated carbocycles. The summed E-state index contributed by atoms with van der Waals surface area (Å²) in [6.45, 7) is 7.27. The highest BCUT2D eigenvalue weighted by molar-refractivity contribution is 14.1. The number of nitrogens with zero attached hydrogens (tertiary/aromatic N) is 2. The van der Waals surface area contributed by atoms with E-state index in [-0.39, 0.29) is 0 Å². The van der Waals surface area contributed by atoms with Crippen molar-refractivity contribution in [2.24, 2.45) is 5.41 Å². The molecule has 0 aromatic carbocycles. The molecule has 1 atom stereocenters. The number of hydrogen-bond acceptors (Lipinski definition) is 3. The quantitative estimate of drug-likeness (QED) is 0.449. The number of thiol groups is 1. The Morgan fingerprint density at radius 2 is 1.79 bits per heavy atom. The predicted octanol–water partition coefficient (Wildman–Crippen LogP) is 2.40. The molecule has 2 fully saturated rings. The molecule has 0 N–H and O–H groups in total. The Balaban J connectivity index is 1.89. The van der Waals surface area contributed by atoms with Gasteiger partial charge in [0, 0.05) is 41.3 Å². The highest BCUT2D eigenvalue weighted by Crippen LogP contribution is 2.41. The first-order chi connectivity index (χ1) is 6.61. The number of piperidine rings is 1. The molecule has 82 valence electrons. The average molecular weight is 326 g/mol. The van der Waals surface area contributed by atoms with Crippen molar-refractivity contribution in [2.45, 2.75) is 31.6 Å². The van der Waals surface area contributed by atoms with Gasteiger partial charge in [0.15, 0.2) is 0 Å². The zero-order chi connectivity index (χ0) is 10.2. The van der Waals surface area contributed by atoms with Crippen molar-refractivity contribution in [1.29, 1.82) is 0 Å². The zero-order valence-electron chi connectivity index (χ0n) is 8.75. The first kappa shape index (κ1) is 11.5. The molecule has 1 spiro atoms. The molecule has 0 aromatic heterocycles. The van der Waals surface area contributed by atoms with E-state index in [1.165, 1.54) is 45.4 Å². The second-order valence-corrected chi connectivity index (χ2v) is 6.87. The van der Waals surface area contributed by atoms with Crippen LogP contribution >= 0.6 is 35.5 Å². The van der Waals surface area contributed by atoms with Crippen LogP contribution in [0, 0.1) is 5.41 Å². The molecular weight excluding hydrogens is 307 g/mol. The summed E-state index contributed by atoms with van der Waals surface area (Å²) in [6.07, 6.45) is 4.15. The molecule has 2 rings (SSSR count). The third kappa shape index (κ3) is 2.39. The van der Waals surface area contributed by atoms with Gasteiger partial charge in [-0.3, -0.25) is 4.90 Å². The van der Waals surface area contributed by atoms with E-state index in [4.69, 9.17) is 0 Å². The fourth-order valence-corrected chi connectivity index (χ4v) is 3.86. The summed E-state index contributed by atoms with van der Waals surface area (Å²) >= 11 is 6.97. The van der Waals surface area contributed by atoms with Crippen molar-refractivity contribution < 1.29 is 0 Å². The molecule has 0 aliphatic carbocycles. The van der Waals surface area contributed by atoms with E-state index in [1.54, 1.807) is 0 Å². The lowest BCUT2D eigenvalue weighted by atomic mass is 9.78. The first-order valence-electron chi connectivity index (χ1n) is 5.44. The molecule has 2 aliphatic heterocycles. The maximum atomic E-state index is 4.50. The molecule has 2 nitrogen and oxygen atoms in total. The highest BCUT2D eigenvalue weighted by atomic mass is 127. The van der Waals surface area contributed by atoms with Gasteiger partial charge in [0.1, 0.15) is 0 Å². The van der Waals surface area contributed by atoms with Crippen LogP contribution in [0.3, 0.4) is 0 Å². The Hall–Kier alpha value is 1.00. The Morgan fingerprint density at radius 3 is 2.21 bits per heavy atom. The van der Waals surface area contributed by atoms with Crippen LogP contribution in [-0.2, 0) is 0 Å². The van der Waals surface area contributed by atoms with Crippen LogP contribution in [0.1, 0.15) is 26.2 Å².